The van der Waals surface area contributed by atoms with Crippen LogP contribution in [0.2, 0.25) is 0 Å². The lowest BCUT2D eigenvalue weighted by Crippen LogP contribution is -2.44. The summed E-state index contributed by atoms with van der Waals surface area (Å²) < 4.78 is 0. The number of hydrogen-bond donors (Lipinski definition) is 2. The molecule has 4 heteroatoms. The third-order valence-corrected chi connectivity index (χ3v) is 2.83. The number of benzene rings is 1. The van der Waals surface area contributed by atoms with Crippen LogP contribution in [0.3, 0.4) is 0 Å². The van der Waals surface area contributed by atoms with Crippen molar-refractivity contribution in [1.82, 2.24) is 10.2 Å². The molecule has 0 aromatic heterocycles. The Hall–Kier alpha value is -1.39. The molecule has 1 aromatic carbocycles. The molecule has 1 aliphatic rings. The first-order valence-corrected chi connectivity index (χ1v) is 6.04. The van der Waals surface area contributed by atoms with Gasteiger partial charge in [0.15, 0.2) is 0 Å². The van der Waals surface area contributed by atoms with Gasteiger partial charge in [-0.05, 0) is 27.8 Å². The fourth-order valence-corrected chi connectivity index (χ4v) is 1.38. The van der Waals surface area contributed by atoms with Crippen LogP contribution >= 0.6 is 0 Å². The van der Waals surface area contributed by atoms with Gasteiger partial charge in [-0.2, -0.15) is 0 Å². The predicted molar refractivity (Wildman–Crippen MR) is 76.1 cm³/mol. The van der Waals surface area contributed by atoms with Crippen LogP contribution in [0.4, 0.5) is 0 Å². The van der Waals surface area contributed by atoms with Crippen LogP contribution in [-0.2, 0) is 4.79 Å². The first-order chi connectivity index (χ1) is 8.43. The highest BCUT2D eigenvalue weighted by molar-refractivity contribution is 5.80. The van der Waals surface area contributed by atoms with E-state index in [4.69, 9.17) is 0 Å². The number of hydrogen-bond acceptors (Lipinski definition) is 3. The lowest BCUT2D eigenvalue weighted by molar-refractivity contribution is -0.128. The molecule has 0 aliphatic carbocycles. The van der Waals surface area contributed by atoms with Crippen LogP contribution in [-0.4, -0.2) is 37.1 Å². The maximum absolute atomic E-state index is 10.9. The smallest absolute Gasteiger partial charge is 0.237 e. The SMILES string of the molecule is CN.CN1C(=O)CNC1(C)C.Cc1ccccc1. The minimum Gasteiger partial charge on any atom is -0.333 e. The van der Waals surface area contributed by atoms with E-state index in [1.165, 1.54) is 12.6 Å². The van der Waals surface area contributed by atoms with Crippen molar-refractivity contribution in [3.8, 4) is 0 Å². The summed E-state index contributed by atoms with van der Waals surface area (Å²) >= 11 is 0. The van der Waals surface area contributed by atoms with Crippen LogP contribution in [0.25, 0.3) is 0 Å². The summed E-state index contributed by atoms with van der Waals surface area (Å²) in [5, 5.41) is 3.07. The van der Waals surface area contributed by atoms with Crippen molar-refractivity contribution in [2.45, 2.75) is 26.4 Å². The molecule has 0 unspecified atom stereocenters. The molecule has 3 N–H and O–H groups in total. The maximum atomic E-state index is 10.9. The van der Waals surface area contributed by atoms with Gasteiger partial charge >= 0.3 is 0 Å². The normalized spacial score (nSPS) is 16.3. The summed E-state index contributed by atoms with van der Waals surface area (Å²) in [5.41, 5.74) is 5.68. The monoisotopic (exact) mass is 251 g/mol. The first-order valence-electron chi connectivity index (χ1n) is 6.04. The summed E-state index contributed by atoms with van der Waals surface area (Å²) in [4.78, 5) is 12.6. The molecule has 0 saturated carbocycles. The van der Waals surface area contributed by atoms with Crippen molar-refractivity contribution in [1.29, 1.82) is 0 Å². The standard InChI is InChI=1S/C7H8.C6H12N2O.CH5N/c1-7-5-3-2-4-6-7;1-6(2)7-4-5(9)8(6)3;1-2/h2-6H,1H3;7H,4H2,1-3H3;2H2,1H3. The zero-order valence-corrected chi connectivity index (χ0v) is 12.0. The highest BCUT2D eigenvalue weighted by Gasteiger charge is 2.33. The average molecular weight is 251 g/mol. The second-order valence-corrected chi connectivity index (χ2v) is 4.52. The van der Waals surface area contributed by atoms with Crippen LogP contribution in [0, 0.1) is 6.92 Å². The second-order valence-electron chi connectivity index (χ2n) is 4.52. The van der Waals surface area contributed by atoms with Crippen molar-refractivity contribution >= 4 is 5.91 Å². The predicted octanol–water partition coefficient (Wildman–Crippen LogP) is 1.35. The number of nitrogens with two attached hydrogens (primary N) is 1. The van der Waals surface area contributed by atoms with Crippen molar-refractivity contribution in [2.75, 3.05) is 20.6 Å². The molecule has 0 spiro atoms. The molecule has 4 nitrogen and oxygen atoms in total. The Morgan fingerprint density at radius 2 is 1.72 bits per heavy atom. The fraction of sp³-hybridized carbons (Fsp3) is 0.500. The Kier molecular flexibility index (Phi) is 7.24. The lowest BCUT2D eigenvalue weighted by Gasteiger charge is -2.26. The molecule has 102 valence electrons. The molecular weight excluding hydrogens is 226 g/mol. The summed E-state index contributed by atoms with van der Waals surface area (Å²) in [6, 6.07) is 10.3. The van der Waals surface area contributed by atoms with Gasteiger partial charge in [-0.15, -0.1) is 0 Å². The number of nitrogens with one attached hydrogen (secondary N) is 1. The van der Waals surface area contributed by atoms with Gasteiger partial charge in [0.25, 0.3) is 0 Å². The maximum Gasteiger partial charge on any atom is 0.237 e. The van der Waals surface area contributed by atoms with Gasteiger partial charge in [0.2, 0.25) is 5.91 Å². The molecule has 18 heavy (non-hydrogen) atoms. The van der Waals surface area contributed by atoms with Crippen molar-refractivity contribution in [3.05, 3.63) is 35.9 Å². The van der Waals surface area contributed by atoms with E-state index in [1.54, 1.807) is 4.90 Å². The minimum absolute atomic E-state index is 0.142. The molecular formula is C14H25N3O. The molecule has 0 bridgehead atoms. The molecule has 1 fully saturated rings. The summed E-state index contributed by atoms with van der Waals surface area (Å²) in [5.74, 6) is 0.167. The van der Waals surface area contributed by atoms with E-state index in [9.17, 15) is 4.79 Å². The molecule has 2 rings (SSSR count). The number of rotatable bonds is 0. The third-order valence-electron chi connectivity index (χ3n) is 2.83. The van der Waals surface area contributed by atoms with Crippen LogP contribution in [0.15, 0.2) is 30.3 Å². The van der Waals surface area contributed by atoms with Gasteiger partial charge in [0, 0.05) is 7.05 Å². The Morgan fingerprint density at radius 1 is 1.22 bits per heavy atom. The molecule has 1 saturated heterocycles. The van der Waals surface area contributed by atoms with E-state index in [-0.39, 0.29) is 11.6 Å². The Labute approximate surface area is 110 Å². The number of amides is 1. The van der Waals surface area contributed by atoms with E-state index in [0.717, 1.165) is 0 Å². The van der Waals surface area contributed by atoms with Gasteiger partial charge < -0.3 is 10.6 Å². The highest BCUT2D eigenvalue weighted by atomic mass is 16.2. The van der Waals surface area contributed by atoms with E-state index in [2.05, 4.69) is 30.1 Å². The van der Waals surface area contributed by atoms with Crippen LogP contribution in [0.1, 0.15) is 19.4 Å². The van der Waals surface area contributed by atoms with Gasteiger partial charge in [-0.25, -0.2) is 0 Å². The largest absolute Gasteiger partial charge is 0.333 e. The van der Waals surface area contributed by atoms with Crippen molar-refractivity contribution in [3.63, 3.8) is 0 Å². The summed E-state index contributed by atoms with van der Waals surface area (Å²) in [7, 11) is 3.31. The molecule has 0 atom stereocenters. The van der Waals surface area contributed by atoms with Crippen LogP contribution < -0.4 is 11.1 Å². The number of carbonyl (C=O) groups excluding carboxylic acids is 1. The quantitative estimate of drug-likeness (QED) is 0.732. The van der Waals surface area contributed by atoms with Gasteiger partial charge in [0.05, 0.1) is 12.2 Å². The van der Waals surface area contributed by atoms with E-state index in [0.29, 0.717) is 6.54 Å². The topological polar surface area (TPSA) is 58.4 Å². The van der Waals surface area contributed by atoms with Gasteiger partial charge in [-0.3, -0.25) is 10.1 Å². The van der Waals surface area contributed by atoms with Crippen molar-refractivity contribution in [2.24, 2.45) is 5.73 Å². The lowest BCUT2D eigenvalue weighted by atomic mass is 10.2. The third kappa shape index (κ3) is 5.29. The molecule has 1 amide bonds. The summed E-state index contributed by atoms with van der Waals surface area (Å²) in [6.07, 6.45) is 0. The van der Waals surface area contributed by atoms with Gasteiger partial charge in [0.1, 0.15) is 0 Å². The zero-order chi connectivity index (χ0) is 14.2. The average Bonchev–Trinajstić information content (AvgIpc) is 2.61. The number of likely N-dealkylation sites (N-methyl/N-ethyl adjacent to an activating group) is 1. The Morgan fingerprint density at radius 3 is 1.89 bits per heavy atom. The second kappa shape index (κ2) is 7.84. The minimum atomic E-state index is -0.142. The fourth-order valence-electron chi connectivity index (χ4n) is 1.38. The molecule has 0 radical (unpaired) electrons. The molecule has 1 aromatic rings. The first kappa shape index (κ1) is 16.6. The molecule has 1 aliphatic heterocycles. The van der Waals surface area contributed by atoms with Crippen molar-refractivity contribution < 1.29 is 4.79 Å². The Bertz CT molecular complexity index is 349. The molecule has 1 heterocycles. The number of aryl methyl sites for hydroxylation is 1. The van der Waals surface area contributed by atoms with E-state index >= 15 is 0 Å². The number of carbonyl (C=O) groups is 1. The van der Waals surface area contributed by atoms with Gasteiger partial charge in [-0.1, -0.05) is 35.9 Å². The van der Waals surface area contributed by atoms with E-state index < -0.39 is 0 Å². The highest BCUT2D eigenvalue weighted by Crippen LogP contribution is 2.12. The summed E-state index contributed by atoms with van der Waals surface area (Å²) in [6.45, 7) is 6.53. The van der Waals surface area contributed by atoms with E-state index in [1.807, 2.05) is 39.1 Å². The Balaban J connectivity index is 0.000000289. The van der Waals surface area contributed by atoms with Crippen LogP contribution in [0.5, 0.6) is 0 Å². The zero-order valence-electron chi connectivity index (χ0n) is 12.0. The number of nitrogens with zero attached hydrogens (tertiary/aromatic N) is 1.